The second-order valence-corrected chi connectivity index (χ2v) is 8.61. The van der Waals surface area contributed by atoms with Gasteiger partial charge in [0.2, 0.25) is 5.91 Å². The molecule has 0 aliphatic heterocycles. The van der Waals surface area contributed by atoms with E-state index in [9.17, 15) is 14.3 Å². The molecule has 30 heavy (non-hydrogen) atoms. The molecule has 1 unspecified atom stereocenters. The summed E-state index contributed by atoms with van der Waals surface area (Å²) in [5, 5.41) is 15.6. The van der Waals surface area contributed by atoms with Gasteiger partial charge in [0.1, 0.15) is 5.82 Å². The van der Waals surface area contributed by atoms with Crippen LogP contribution in [0, 0.1) is 17.7 Å². The number of hydrogen-bond donors (Lipinski definition) is 2. The van der Waals surface area contributed by atoms with Crippen molar-refractivity contribution in [2.45, 2.75) is 38.2 Å². The van der Waals surface area contributed by atoms with Gasteiger partial charge in [-0.05, 0) is 85.7 Å². The molecule has 1 aliphatic carbocycles. The maximum atomic E-state index is 13.8. The molecule has 3 aromatic rings. The van der Waals surface area contributed by atoms with E-state index in [4.69, 9.17) is 11.6 Å². The van der Waals surface area contributed by atoms with Gasteiger partial charge in [0.15, 0.2) is 0 Å². The Morgan fingerprint density at radius 1 is 1.20 bits per heavy atom. The maximum absolute atomic E-state index is 13.8. The van der Waals surface area contributed by atoms with Gasteiger partial charge >= 0.3 is 0 Å². The first kappa shape index (κ1) is 20.8. The number of amides is 1. The lowest BCUT2D eigenvalue weighted by Crippen LogP contribution is -2.36. The first-order valence-corrected chi connectivity index (χ1v) is 10.6. The van der Waals surface area contributed by atoms with Gasteiger partial charge in [-0.15, -0.1) is 0 Å². The SMILES string of the molecule is CC(C(=O)Nc1ccc(Cl)cc1)[C@H]1CC[C@](O)(c2ccnc3ccc(F)cc32)CC1. The van der Waals surface area contributed by atoms with Gasteiger partial charge in [-0.2, -0.15) is 0 Å². The van der Waals surface area contributed by atoms with Gasteiger partial charge < -0.3 is 10.4 Å². The van der Waals surface area contributed by atoms with E-state index in [1.54, 1.807) is 42.6 Å². The lowest BCUT2D eigenvalue weighted by molar-refractivity contribution is -0.122. The quantitative estimate of drug-likeness (QED) is 0.564. The van der Waals surface area contributed by atoms with E-state index in [-0.39, 0.29) is 23.6 Å². The van der Waals surface area contributed by atoms with Crippen LogP contribution in [0.15, 0.2) is 54.7 Å². The van der Waals surface area contributed by atoms with Gasteiger partial charge in [0, 0.05) is 28.2 Å². The molecule has 6 heteroatoms. The van der Waals surface area contributed by atoms with Crippen LogP contribution < -0.4 is 5.32 Å². The summed E-state index contributed by atoms with van der Waals surface area (Å²) in [4.78, 5) is 17.0. The number of aromatic nitrogens is 1. The number of pyridine rings is 1. The van der Waals surface area contributed by atoms with Crippen molar-refractivity contribution in [3.8, 4) is 0 Å². The smallest absolute Gasteiger partial charge is 0.227 e. The number of hydrogen-bond acceptors (Lipinski definition) is 3. The summed E-state index contributed by atoms with van der Waals surface area (Å²) in [6, 6.07) is 13.3. The second kappa shape index (κ2) is 8.32. The fourth-order valence-corrected chi connectivity index (χ4v) is 4.54. The van der Waals surface area contributed by atoms with Crippen molar-refractivity contribution < 1.29 is 14.3 Å². The largest absolute Gasteiger partial charge is 0.385 e. The van der Waals surface area contributed by atoms with Gasteiger partial charge in [0.05, 0.1) is 11.1 Å². The minimum Gasteiger partial charge on any atom is -0.385 e. The Hall–Kier alpha value is -2.50. The number of nitrogens with zero attached hydrogens (tertiary/aromatic N) is 1. The molecule has 1 saturated carbocycles. The van der Waals surface area contributed by atoms with Crippen LogP contribution in [-0.4, -0.2) is 16.0 Å². The molecule has 0 radical (unpaired) electrons. The molecule has 156 valence electrons. The lowest BCUT2D eigenvalue weighted by Gasteiger charge is -2.38. The van der Waals surface area contributed by atoms with E-state index >= 15 is 0 Å². The summed E-state index contributed by atoms with van der Waals surface area (Å²) in [5.41, 5.74) is 1.05. The van der Waals surface area contributed by atoms with Crippen LogP contribution in [0.25, 0.3) is 10.9 Å². The third-order valence-electron chi connectivity index (χ3n) is 6.29. The van der Waals surface area contributed by atoms with Crippen molar-refractivity contribution in [2.75, 3.05) is 5.32 Å². The van der Waals surface area contributed by atoms with E-state index in [0.717, 1.165) is 0 Å². The third-order valence-corrected chi connectivity index (χ3v) is 6.55. The van der Waals surface area contributed by atoms with Crippen molar-refractivity contribution in [2.24, 2.45) is 11.8 Å². The van der Waals surface area contributed by atoms with Crippen LogP contribution >= 0.6 is 11.6 Å². The number of rotatable bonds is 4. The van der Waals surface area contributed by atoms with Crippen LogP contribution in [-0.2, 0) is 10.4 Å². The topological polar surface area (TPSA) is 62.2 Å². The van der Waals surface area contributed by atoms with E-state index in [2.05, 4.69) is 10.3 Å². The number of carbonyl (C=O) groups is 1. The molecule has 1 fully saturated rings. The average Bonchev–Trinajstić information content (AvgIpc) is 2.75. The van der Waals surface area contributed by atoms with Crippen LogP contribution in [0.5, 0.6) is 0 Å². The molecule has 4 nitrogen and oxygen atoms in total. The zero-order valence-electron chi connectivity index (χ0n) is 16.7. The minimum absolute atomic E-state index is 0.0378. The van der Waals surface area contributed by atoms with E-state index < -0.39 is 5.60 Å². The summed E-state index contributed by atoms with van der Waals surface area (Å²) < 4.78 is 13.8. The molecule has 2 N–H and O–H groups in total. The summed E-state index contributed by atoms with van der Waals surface area (Å²) in [5.74, 6) is -0.398. The fraction of sp³-hybridized carbons (Fsp3) is 0.333. The first-order valence-electron chi connectivity index (χ1n) is 10.2. The normalized spacial score (nSPS) is 22.6. The fourth-order valence-electron chi connectivity index (χ4n) is 4.41. The summed E-state index contributed by atoms with van der Waals surface area (Å²) in [6.45, 7) is 1.93. The number of halogens is 2. The molecule has 1 aromatic heterocycles. The predicted molar refractivity (Wildman–Crippen MR) is 117 cm³/mol. The molecule has 0 bridgehead atoms. The second-order valence-electron chi connectivity index (χ2n) is 8.17. The number of anilines is 1. The molecule has 1 aliphatic rings. The Balaban J connectivity index is 1.46. The zero-order chi connectivity index (χ0) is 21.3. The van der Waals surface area contributed by atoms with Crippen LogP contribution in [0.3, 0.4) is 0 Å². The number of benzene rings is 2. The highest BCUT2D eigenvalue weighted by atomic mass is 35.5. The average molecular weight is 427 g/mol. The standard InChI is InChI=1S/C24H24ClFN2O2/c1-15(23(29)28-19-5-2-17(25)3-6-19)16-8-11-24(30,12-9-16)21-10-13-27-22-7-4-18(26)14-20(21)22/h2-7,10,13-16,30H,8-9,11-12H2,1H3,(H,28,29)/t15?,16-,24+. The lowest BCUT2D eigenvalue weighted by atomic mass is 9.71. The van der Waals surface area contributed by atoms with Gasteiger partial charge in [-0.25, -0.2) is 4.39 Å². The minimum atomic E-state index is -1.04. The summed E-state index contributed by atoms with van der Waals surface area (Å²) in [7, 11) is 0. The Kier molecular flexibility index (Phi) is 5.76. The highest BCUT2D eigenvalue weighted by Gasteiger charge is 2.38. The number of nitrogens with one attached hydrogen (secondary N) is 1. The van der Waals surface area contributed by atoms with Crippen LogP contribution in [0.1, 0.15) is 38.2 Å². The molecule has 1 amide bonds. The molecule has 0 saturated heterocycles. The van der Waals surface area contributed by atoms with Crippen molar-refractivity contribution in [1.29, 1.82) is 0 Å². The molecule has 1 heterocycles. The molecule has 4 rings (SSSR count). The number of aliphatic hydroxyl groups is 1. The number of fused-ring (bicyclic) bond motifs is 1. The van der Waals surface area contributed by atoms with E-state index in [1.807, 2.05) is 6.92 Å². The zero-order valence-corrected chi connectivity index (χ0v) is 17.5. The van der Waals surface area contributed by atoms with Crippen LogP contribution in [0.2, 0.25) is 5.02 Å². The Labute approximate surface area is 180 Å². The Morgan fingerprint density at radius 3 is 2.60 bits per heavy atom. The van der Waals surface area contributed by atoms with Crippen molar-refractivity contribution in [1.82, 2.24) is 4.98 Å². The highest BCUT2D eigenvalue weighted by Crippen LogP contribution is 2.44. The van der Waals surface area contributed by atoms with Gasteiger partial charge in [-0.1, -0.05) is 18.5 Å². The predicted octanol–water partition coefficient (Wildman–Crippen LogP) is 5.68. The first-order chi connectivity index (χ1) is 14.4. The molecular weight excluding hydrogens is 403 g/mol. The van der Waals surface area contributed by atoms with E-state index in [0.29, 0.717) is 52.9 Å². The maximum Gasteiger partial charge on any atom is 0.227 e. The summed E-state index contributed by atoms with van der Waals surface area (Å²) in [6.07, 6.45) is 4.12. The van der Waals surface area contributed by atoms with Gasteiger partial charge in [0.25, 0.3) is 0 Å². The number of carbonyl (C=O) groups excluding carboxylic acids is 1. The summed E-state index contributed by atoms with van der Waals surface area (Å²) >= 11 is 5.89. The van der Waals surface area contributed by atoms with Gasteiger partial charge in [-0.3, -0.25) is 9.78 Å². The van der Waals surface area contributed by atoms with Crippen molar-refractivity contribution >= 4 is 34.1 Å². The Morgan fingerprint density at radius 2 is 1.90 bits per heavy atom. The Bertz CT molecular complexity index is 1060. The molecule has 1 atom stereocenters. The molecule has 2 aromatic carbocycles. The molecular formula is C24H24ClFN2O2. The molecule has 0 spiro atoms. The third kappa shape index (κ3) is 4.18. The van der Waals surface area contributed by atoms with E-state index in [1.165, 1.54) is 12.1 Å². The van der Waals surface area contributed by atoms with Crippen molar-refractivity contribution in [3.63, 3.8) is 0 Å². The highest BCUT2D eigenvalue weighted by molar-refractivity contribution is 6.30. The van der Waals surface area contributed by atoms with Crippen LogP contribution in [0.4, 0.5) is 10.1 Å². The monoisotopic (exact) mass is 426 g/mol. The van der Waals surface area contributed by atoms with Crippen molar-refractivity contribution in [3.05, 3.63) is 71.1 Å².